The summed E-state index contributed by atoms with van der Waals surface area (Å²) in [5.74, 6) is 0.438. The Hall–Kier alpha value is -5.93. The molecule has 0 unspecified atom stereocenters. The lowest BCUT2D eigenvalue weighted by Crippen LogP contribution is -2.00. The van der Waals surface area contributed by atoms with E-state index < -0.39 is 54.4 Å². The van der Waals surface area contributed by atoms with E-state index in [0.29, 0.717) is 16.7 Å². The van der Waals surface area contributed by atoms with Crippen LogP contribution in [0, 0.1) is 0 Å². The molecule has 0 atom stereocenters. The van der Waals surface area contributed by atoms with Crippen LogP contribution in [-0.2, 0) is 0 Å². The highest BCUT2D eigenvalue weighted by molar-refractivity contribution is 5.93. The second kappa shape index (κ2) is 11.0. The second-order valence-corrected chi connectivity index (χ2v) is 10.0. The van der Waals surface area contributed by atoms with Crippen LogP contribution in [0.5, 0.6) is 0 Å². The maximum absolute atomic E-state index is 8.93. The Bertz CT molecular complexity index is 2930. The second-order valence-electron chi connectivity index (χ2n) is 10.0. The highest BCUT2D eigenvalue weighted by Crippen LogP contribution is 2.32. The Kier molecular flexibility index (Phi) is 4.03. The topological polar surface area (TPSA) is 38.7 Å². The van der Waals surface area contributed by atoms with Gasteiger partial charge in [0.15, 0.2) is 17.5 Å². The fourth-order valence-corrected chi connectivity index (χ4v) is 5.04. The number of benzene rings is 7. The SMILES string of the molecule is [2H]c1c([2H])c([2H])c(-c2nc(-c3ccccc3)nc(-c3cccc(-c4ccc5cc(-c6c([2H])c([2H])c7c([2H])c([2H])c([2H])c([2H])c7c6[2H])ccc5c4)c3)n2)c([2H])c1[2H]. The van der Waals surface area contributed by atoms with Crippen LogP contribution in [0.2, 0.25) is 0 Å². The normalized spacial score (nSPS) is 15.0. The number of aromatic nitrogens is 3. The Labute approximate surface area is 273 Å². The summed E-state index contributed by atoms with van der Waals surface area (Å²) < 4.78 is 101. The van der Waals surface area contributed by atoms with Crippen LogP contribution >= 0.6 is 0 Å². The minimum absolute atomic E-state index is 0.0613. The number of hydrogen-bond donors (Lipinski definition) is 0. The summed E-state index contributed by atoms with van der Waals surface area (Å²) >= 11 is 0. The van der Waals surface area contributed by atoms with E-state index in [0.717, 1.165) is 21.9 Å². The summed E-state index contributed by atoms with van der Waals surface area (Å²) in [5, 5.41) is 1.35. The van der Waals surface area contributed by atoms with E-state index in [1.165, 1.54) is 0 Å². The van der Waals surface area contributed by atoms with Gasteiger partial charge in [0, 0.05) is 16.7 Å². The molecule has 0 N–H and O–H groups in total. The van der Waals surface area contributed by atoms with Gasteiger partial charge in [-0.3, -0.25) is 0 Å². The van der Waals surface area contributed by atoms with Crippen molar-refractivity contribution in [2.75, 3.05) is 0 Å². The first kappa shape index (κ1) is 16.1. The van der Waals surface area contributed by atoms with Crippen LogP contribution in [0.4, 0.5) is 0 Å². The molecule has 0 saturated heterocycles. The minimum Gasteiger partial charge on any atom is -0.208 e. The zero-order chi connectivity index (χ0) is 39.7. The van der Waals surface area contributed by atoms with Gasteiger partial charge in [0.25, 0.3) is 0 Å². The van der Waals surface area contributed by atoms with Crippen molar-refractivity contribution in [1.29, 1.82) is 0 Å². The van der Waals surface area contributed by atoms with Crippen LogP contribution < -0.4 is 0 Å². The monoisotopic (exact) mass is 573 g/mol. The van der Waals surface area contributed by atoms with E-state index in [2.05, 4.69) is 9.97 Å². The third kappa shape index (κ3) is 5.01. The number of nitrogens with zero attached hydrogens (tertiary/aromatic N) is 3. The molecule has 0 fully saturated rings. The summed E-state index contributed by atoms with van der Waals surface area (Å²) in [6, 6.07) is 22.5. The third-order valence-corrected chi connectivity index (χ3v) is 7.22. The van der Waals surface area contributed by atoms with Gasteiger partial charge in [0.1, 0.15) is 0 Å². The van der Waals surface area contributed by atoms with Gasteiger partial charge in [-0.2, -0.15) is 0 Å². The molecule has 0 amide bonds. The van der Waals surface area contributed by atoms with Crippen molar-refractivity contribution in [3.63, 3.8) is 0 Å². The largest absolute Gasteiger partial charge is 0.208 e. The van der Waals surface area contributed by atoms with E-state index in [1.807, 2.05) is 78.9 Å². The van der Waals surface area contributed by atoms with E-state index in [1.54, 1.807) is 12.1 Å². The van der Waals surface area contributed by atoms with Gasteiger partial charge in [0.05, 0.1) is 16.4 Å². The lowest BCUT2D eigenvalue weighted by Gasteiger charge is -2.10. The van der Waals surface area contributed by atoms with Crippen molar-refractivity contribution in [2.45, 2.75) is 0 Å². The van der Waals surface area contributed by atoms with Gasteiger partial charge in [-0.1, -0.05) is 139 Å². The molecule has 44 heavy (non-hydrogen) atoms. The Morgan fingerprint density at radius 1 is 0.341 bits per heavy atom. The minimum atomic E-state index is -0.517. The molecule has 7 aromatic carbocycles. The van der Waals surface area contributed by atoms with Gasteiger partial charge in [0.2, 0.25) is 0 Å². The molecule has 8 aromatic rings. The molecule has 0 aliphatic heterocycles. The summed E-state index contributed by atoms with van der Waals surface area (Å²) in [5.41, 5.74) is 3.32. The summed E-state index contributed by atoms with van der Waals surface area (Å²) in [6.45, 7) is 0. The van der Waals surface area contributed by atoms with E-state index >= 15 is 0 Å². The highest BCUT2D eigenvalue weighted by atomic mass is 15.0. The van der Waals surface area contributed by atoms with Gasteiger partial charge in [-0.15, -0.1) is 0 Å². The molecule has 8 rings (SSSR count). The maximum atomic E-state index is 8.93. The quantitative estimate of drug-likeness (QED) is 0.206. The molecule has 1 heterocycles. The van der Waals surface area contributed by atoms with Gasteiger partial charge in [-0.25, -0.2) is 15.0 Å². The Morgan fingerprint density at radius 3 is 1.66 bits per heavy atom. The molecule has 0 saturated carbocycles. The molecule has 0 aliphatic rings. The van der Waals surface area contributed by atoms with Crippen molar-refractivity contribution >= 4 is 21.5 Å². The predicted octanol–water partition coefficient (Wildman–Crippen LogP) is 10.5. The Morgan fingerprint density at radius 2 is 0.909 bits per heavy atom. The summed E-state index contributed by atoms with van der Waals surface area (Å²) in [7, 11) is 0. The van der Waals surface area contributed by atoms with E-state index in [9.17, 15) is 0 Å². The predicted molar refractivity (Wildman–Crippen MR) is 182 cm³/mol. The standard InChI is InChI=1S/C41H27N3/c1-3-11-29(12-4-1)39-42-40(30-13-5-2-6-14-30)44-41(43-39)38-17-9-16-32(27-38)33-20-21-37-26-36(23-22-35(37)25-33)34-19-18-28-10-7-8-15-31(28)24-34/h1-27H/i1D,3D,4D,7D,8D,10D,11D,12D,15D,18D,19D,24D. The molecular weight excluding hydrogens is 534 g/mol. The molecule has 3 heteroatoms. The van der Waals surface area contributed by atoms with Crippen molar-refractivity contribution in [1.82, 2.24) is 15.0 Å². The highest BCUT2D eigenvalue weighted by Gasteiger charge is 2.13. The lowest BCUT2D eigenvalue weighted by molar-refractivity contribution is 1.07. The average molecular weight is 574 g/mol. The van der Waals surface area contributed by atoms with Crippen molar-refractivity contribution < 1.29 is 16.4 Å². The van der Waals surface area contributed by atoms with Crippen molar-refractivity contribution in [3.8, 4) is 56.4 Å². The number of fused-ring (bicyclic) bond motifs is 2. The fourth-order valence-electron chi connectivity index (χ4n) is 5.04. The van der Waals surface area contributed by atoms with Crippen LogP contribution in [0.3, 0.4) is 0 Å². The first-order chi connectivity index (χ1) is 26.8. The molecule has 3 nitrogen and oxygen atoms in total. The zero-order valence-electron chi connectivity index (χ0n) is 35.0. The van der Waals surface area contributed by atoms with Gasteiger partial charge >= 0.3 is 0 Å². The average Bonchev–Trinajstić information content (AvgIpc) is 3.22. The molecule has 0 aliphatic carbocycles. The molecule has 0 spiro atoms. The van der Waals surface area contributed by atoms with Crippen LogP contribution in [0.15, 0.2) is 164 Å². The number of rotatable bonds is 5. The van der Waals surface area contributed by atoms with E-state index in [-0.39, 0.29) is 57.5 Å². The summed E-state index contributed by atoms with van der Waals surface area (Å²) in [4.78, 5) is 13.9. The molecular formula is C41H27N3. The smallest absolute Gasteiger partial charge is 0.164 e. The maximum Gasteiger partial charge on any atom is 0.164 e. The van der Waals surface area contributed by atoms with Gasteiger partial charge in [-0.05, 0) is 68.0 Å². The van der Waals surface area contributed by atoms with E-state index in [4.69, 9.17) is 21.4 Å². The first-order valence-electron chi connectivity index (χ1n) is 19.8. The fraction of sp³-hybridized carbons (Fsp3) is 0. The van der Waals surface area contributed by atoms with Crippen LogP contribution in [0.1, 0.15) is 16.4 Å². The first-order valence-corrected chi connectivity index (χ1v) is 13.8. The van der Waals surface area contributed by atoms with Crippen molar-refractivity contribution in [3.05, 3.63) is 164 Å². The Balaban J connectivity index is 1.22. The van der Waals surface area contributed by atoms with Gasteiger partial charge < -0.3 is 0 Å². The summed E-state index contributed by atoms with van der Waals surface area (Å²) in [6.07, 6.45) is 0. The van der Waals surface area contributed by atoms with Crippen LogP contribution in [-0.4, -0.2) is 15.0 Å². The molecule has 0 radical (unpaired) electrons. The van der Waals surface area contributed by atoms with Crippen molar-refractivity contribution in [2.24, 2.45) is 0 Å². The lowest BCUT2D eigenvalue weighted by atomic mass is 9.96. The molecule has 1 aromatic heterocycles. The number of hydrogen-bond acceptors (Lipinski definition) is 3. The molecule has 0 bridgehead atoms. The third-order valence-electron chi connectivity index (χ3n) is 7.22. The zero-order valence-corrected chi connectivity index (χ0v) is 23.0. The van der Waals surface area contributed by atoms with Crippen LogP contribution in [0.25, 0.3) is 78.0 Å². The molecule has 206 valence electrons.